The Balaban J connectivity index is 1.68. The van der Waals surface area contributed by atoms with Crippen LogP contribution in [0.3, 0.4) is 0 Å². The molecule has 3 nitrogen and oxygen atoms in total. The number of piperidine rings is 1. The Morgan fingerprint density at radius 2 is 1.84 bits per heavy atom. The van der Waals surface area contributed by atoms with Crippen LogP contribution in [0.1, 0.15) is 28.8 Å². The first kappa shape index (κ1) is 17.2. The molecular weight excluding hydrogens is 321 g/mol. The van der Waals surface area contributed by atoms with E-state index in [1.54, 1.807) is 12.1 Å². The van der Waals surface area contributed by atoms with Crippen LogP contribution in [0.15, 0.2) is 36.4 Å². The van der Waals surface area contributed by atoms with Gasteiger partial charge in [-0.2, -0.15) is 5.26 Å². The maximum Gasteiger partial charge on any atom is 0.166 e. The molecule has 0 spiro atoms. The third-order valence-electron chi connectivity index (χ3n) is 4.57. The lowest BCUT2D eigenvalue weighted by molar-refractivity contribution is 0.0900. The van der Waals surface area contributed by atoms with Gasteiger partial charge in [0, 0.05) is 24.6 Å². The van der Waals surface area contributed by atoms with E-state index < -0.39 is 11.6 Å². The largest absolute Gasteiger partial charge is 0.369 e. The molecule has 0 aliphatic carbocycles. The second kappa shape index (κ2) is 7.06. The SMILES string of the molecule is [B]c1ccc(C(=O)C2CCN(c3ccc(C#N)cc3F)CC2)cc1F. The number of hydrogen-bond acceptors (Lipinski definition) is 3. The summed E-state index contributed by atoms with van der Waals surface area (Å²) in [7, 11) is 5.44. The predicted molar refractivity (Wildman–Crippen MR) is 92.2 cm³/mol. The molecule has 25 heavy (non-hydrogen) atoms. The molecule has 0 aromatic heterocycles. The number of halogens is 2. The Morgan fingerprint density at radius 1 is 1.12 bits per heavy atom. The Morgan fingerprint density at radius 3 is 2.44 bits per heavy atom. The van der Waals surface area contributed by atoms with E-state index in [2.05, 4.69) is 0 Å². The molecule has 0 saturated carbocycles. The minimum atomic E-state index is -0.595. The number of ketones is 1. The zero-order valence-electron chi connectivity index (χ0n) is 13.5. The Hall–Kier alpha value is -2.68. The number of hydrogen-bond donors (Lipinski definition) is 0. The average Bonchev–Trinajstić information content (AvgIpc) is 2.63. The van der Waals surface area contributed by atoms with Gasteiger partial charge >= 0.3 is 0 Å². The van der Waals surface area contributed by atoms with E-state index >= 15 is 0 Å². The summed E-state index contributed by atoms with van der Waals surface area (Å²) >= 11 is 0. The number of benzene rings is 2. The topological polar surface area (TPSA) is 44.1 Å². The lowest BCUT2D eigenvalue weighted by Crippen LogP contribution is -2.37. The first-order valence-electron chi connectivity index (χ1n) is 8.03. The van der Waals surface area contributed by atoms with Gasteiger partial charge in [-0.05, 0) is 37.1 Å². The number of anilines is 1. The lowest BCUT2D eigenvalue weighted by atomic mass is 9.86. The molecule has 0 bridgehead atoms. The van der Waals surface area contributed by atoms with Gasteiger partial charge in [0.25, 0.3) is 0 Å². The van der Waals surface area contributed by atoms with Gasteiger partial charge in [-0.3, -0.25) is 4.79 Å². The van der Waals surface area contributed by atoms with Crippen LogP contribution in [0.4, 0.5) is 14.5 Å². The number of carbonyl (C=O) groups is 1. The van der Waals surface area contributed by atoms with E-state index in [0.717, 1.165) is 0 Å². The van der Waals surface area contributed by atoms with E-state index in [1.165, 1.54) is 24.3 Å². The standard InChI is InChI=1S/C19H15BF2N2O/c20-15-3-2-14(10-16(15)21)19(25)13-5-7-24(8-6-13)18-4-1-12(11-23)9-17(18)22/h1-4,9-10,13H,5-8H2. The summed E-state index contributed by atoms with van der Waals surface area (Å²) in [6.45, 7) is 1.05. The summed E-state index contributed by atoms with van der Waals surface area (Å²) in [5.41, 5.74) is 1.04. The van der Waals surface area contributed by atoms with Crippen LogP contribution in [0.2, 0.25) is 0 Å². The number of Topliss-reactive ketones (excluding diaryl/α,β-unsaturated/α-hetero) is 1. The van der Waals surface area contributed by atoms with Crippen LogP contribution in [-0.4, -0.2) is 26.7 Å². The van der Waals surface area contributed by atoms with Crippen LogP contribution < -0.4 is 10.4 Å². The number of rotatable bonds is 3. The van der Waals surface area contributed by atoms with E-state index in [9.17, 15) is 13.6 Å². The van der Waals surface area contributed by atoms with Crippen molar-refractivity contribution in [2.75, 3.05) is 18.0 Å². The van der Waals surface area contributed by atoms with Gasteiger partial charge < -0.3 is 4.90 Å². The molecule has 0 N–H and O–H groups in total. The van der Waals surface area contributed by atoms with Gasteiger partial charge in [-0.1, -0.05) is 17.6 Å². The summed E-state index contributed by atoms with van der Waals surface area (Å²) in [6.07, 6.45) is 1.12. The van der Waals surface area contributed by atoms with Gasteiger partial charge in [0.2, 0.25) is 0 Å². The van der Waals surface area contributed by atoms with Crippen molar-refractivity contribution in [1.29, 1.82) is 5.26 Å². The van der Waals surface area contributed by atoms with Gasteiger partial charge in [0.15, 0.2) is 5.78 Å². The van der Waals surface area contributed by atoms with Crippen molar-refractivity contribution in [3.8, 4) is 6.07 Å². The van der Waals surface area contributed by atoms with Gasteiger partial charge in [0.05, 0.1) is 17.3 Å². The van der Waals surface area contributed by atoms with Gasteiger partial charge in [-0.25, -0.2) is 8.78 Å². The van der Waals surface area contributed by atoms with E-state index in [0.29, 0.717) is 37.2 Å². The number of nitriles is 1. The molecule has 1 fully saturated rings. The molecule has 1 aliphatic heterocycles. The summed E-state index contributed by atoms with van der Waals surface area (Å²) in [4.78, 5) is 14.4. The normalized spacial score (nSPS) is 15.0. The molecular formula is C19H15BF2N2O. The highest BCUT2D eigenvalue weighted by atomic mass is 19.1. The van der Waals surface area contributed by atoms with Crippen LogP contribution in [-0.2, 0) is 0 Å². The smallest absolute Gasteiger partial charge is 0.166 e. The van der Waals surface area contributed by atoms with E-state index in [-0.39, 0.29) is 22.7 Å². The maximum atomic E-state index is 14.1. The first-order valence-corrected chi connectivity index (χ1v) is 8.03. The molecule has 2 aromatic rings. The van der Waals surface area contributed by atoms with Crippen molar-refractivity contribution in [1.82, 2.24) is 0 Å². The number of nitrogens with zero attached hydrogens (tertiary/aromatic N) is 2. The summed E-state index contributed by atoms with van der Waals surface area (Å²) < 4.78 is 27.7. The first-order chi connectivity index (χ1) is 12.0. The minimum Gasteiger partial charge on any atom is -0.369 e. The summed E-state index contributed by atoms with van der Waals surface area (Å²) in [5, 5.41) is 8.80. The fourth-order valence-corrected chi connectivity index (χ4v) is 3.13. The molecule has 3 rings (SSSR count). The van der Waals surface area contributed by atoms with Crippen LogP contribution >= 0.6 is 0 Å². The fourth-order valence-electron chi connectivity index (χ4n) is 3.13. The van der Waals surface area contributed by atoms with Crippen LogP contribution in [0, 0.1) is 28.9 Å². The molecule has 1 saturated heterocycles. The van der Waals surface area contributed by atoms with Crippen LogP contribution in [0.25, 0.3) is 0 Å². The van der Waals surface area contributed by atoms with Crippen molar-refractivity contribution in [3.63, 3.8) is 0 Å². The Kier molecular flexibility index (Phi) is 4.85. The molecule has 0 unspecified atom stereocenters. The summed E-state index contributed by atoms with van der Waals surface area (Å²) in [5.74, 6) is -1.37. The highest BCUT2D eigenvalue weighted by Crippen LogP contribution is 2.28. The van der Waals surface area contributed by atoms with Crippen molar-refractivity contribution in [2.24, 2.45) is 5.92 Å². The van der Waals surface area contributed by atoms with Gasteiger partial charge in [0.1, 0.15) is 19.5 Å². The molecule has 2 radical (unpaired) electrons. The minimum absolute atomic E-state index is 0.0164. The molecule has 0 atom stereocenters. The molecule has 6 heteroatoms. The van der Waals surface area contributed by atoms with Crippen LogP contribution in [0.5, 0.6) is 0 Å². The van der Waals surface area contributed by atoms with E-state index in [1.807, 2.05) is 11.0 Å². The number of carbonyl (C=O) groups excluding carboxylic acids is 1. The maximum absolute atomic E-state index is 14.1. The molecule has 2 aromatic carbocycles. The zero-order valence-corrected chi connectivity index (χ0v) is 13.5. The van der Waals surface area contributed by atoms with Crippen molar-refractivity contribution in [3.05, 3.63) is 59.2 Å². The monoisotopic (exact) mass is 336 g/mol. The molecule has 0 amide bonds. The average molecular weight is 336 g/mol. The fraction of sp³-hybridized carbons (Fsp3) is 0.263. The Bertz CT molecular complexity index is 855. The molecule has 124 valence electrons. The lowest BCUT2D eigenvalue weighted by Gasteiger charge is -2.33. The van der Waals surface area contributed by atoms with Crippen molar-refractivity contribution in [2.45, 2.75) is 12.8 Å². The van der Waals surface area contributed by atoms with Crippen molar-refractivity contribution < 1.29 is 13.6 Å². The molecule has 1 heterocycles. The summed E-state index contributed by atoms with van der Waals surface area (Å²) in [6, 6.07) is 10.4. The third-order valence-corrected chi connectivity index (χ3v) is 4.57. The highest BCUT2D eigenvalue weighted by molar-refractivity contribution is 6.32. The Labute approximate surface area is 146 Å². The quantitative estimate of drug-likeness (QED) is 0.640. The zero-order chi connectivity index (χ0) is 18.0. The second-order valence-electron chi connectivity index (χ2n) is 6.14. The van der Waals surface area contributed by atoms with Gasteiger partial charge in [-0.15, -0.1) is 0 Å². The second-order valence-corrected chi connectivity index (χ2v) is 6.14. The van der Waals surface area contributed by atoms with E-state index in [4.69, 9.17) is 13.1 Å². The van der Waals surface area contributed by atoms with Crippen molar-refractivity contribution >= 4 is 24.8 Å². The predicted octanol–water partition coefficient (Wildman–Crippen LogP) is 2.73. The third kappa shape index (κ3) is 3.56. The highest BCUT2D eigenvalue weighted by Gasteiger charge is 2.27. The molecule has 1 aliphatic rings.